The van der Waals surface area contributed by atoms with Crippen LogP contribution in [0.2, 0.25) is 0 Å². The number of fused-ring (bicyclic) bond motifs is 1. The summed E-state index contributed by atoms with van der Waals surface area (Å²) < 4.78 is 35.3. The fourth-order valence-corrected chi connectivity index (χ4v) is 5.63. The maximum Gasteiger partial charge on any atom is 0.262 e. The summed E-state index contributed by atoms with van der Waals surface area (Å²) in [6.45, 7) is 9.86. The number of anilines is 1. The van der Waals surface area contributed by atoms with Crippen molar-refractivity contribution >= 4 is 38.2 Å². The molecule has 0 aliphatic carbocycles. The van der Waals surface area contributed by atoms with Gasteiger partial charge in [-0.1, -0.05) is 69.8 Å². The number of rotatable bonds is 8. The third kappa shape index (κ3) is 6.21. The molecular formula is C29H29NO5S2. The minimum atomic E-state index is -3.99. The number of phenolic OH excluding ortho intramolecular Hbond substituents is 1. The van der Waals surface area contributed by atoms with Gasteiger partial charge in [0.15, 0.2) is 0 Å². The molecule has 4 rings (SSSR count). The van der Waals surface area contributed by atoms with E-state index in [9.17, 15) is 18.6 Å². The lowest BCUT2D eigenvalue weighted by Gasteiger charge is -2.19. The van der Waals surface area contributed by atoms with Gasteiger partial charge in [0.2, 0.25) is 0 Å². The predicted octanol–water partition coefficient (Wildman–Crippen LogP) is 7.60. The SMILES string of the molecule is C=C(O)CSc1cc(NS(=O)(=O)c2cccc(Oc3ccc(C(C)(C)C)cc3)c2)c2ccccc2c1O. The van der Waals surface area contributed by atoms with Crippen molar-refractivity contribution in [2.45, 2.75) is 36.0 Å². The van der Waals surface area contributed by atoms with Crippen molar-refractivity contribution in [2.24, 2.45) is 0 Å². The van der Waals surface area contributed by atoms with Crippen molar-refractivity contribution in [1.82, 2.24) is 0 Å². The van der Waals surface area contributed by atoms with Crippen LogP contribution in [-0.2, 0) is 15.4 Å². The number of aliphatic hydroxyl groups excluding tert-OH is 1. The largest absolute Gasteiger partial charge is 0.512 e. The quantitative estimate of drug-likeness (QED) is 0.122. The summed E-state index contributed by atoms with van der Waals surface area (Å²) in [5, 5.41) is 21.2. The summed E-state index contributed by atoms with van der Waals surface area (Å²) in [5.74, 6) is 1.11. The molecule has 0 amide bonds. The van der Waals surface area contributed by atoms with E-state index in [2.05, 4.69) is 32.1 Å². The molecule has 37 heavy (non-hydrogen) atoms. The van der Waals surface area contributed by atoms with Crippen LogP contribution < -0.4 is 9.46 Å². The molecule has 0 saturated heterocycles. The van der Waals surface area contributed by atoms with Crippen LogP contribution in [0.5, 0.6) is 17.2 Å². The molecule has 192 valence electrons. The van der Waals surface area contributed by atoms with E-state index in [0.29, 0.717) is 32.9 Å². The number of hydrogen-bond acceptors (Lipinski definition) is 6. The molecule has 0 unspecified atom stereocenters. The van der Waals surface area contributed by atoms with Gasteiger partial charge in [-0.15, -0.1) is 11.8 Å². The summed E-state index contributed by atoms with van der Waals surface area (Å²) >= 11 is 1.16. The Labute approximate surface area is 221 Å². The van der Waals surface area contributed by atoms with Crippen LogP contribution in [0.3, 0.4) is 0 Å². The molecule has 0 heterocycles. The number of thioether (sulfide) groups is 1. The lowest BCUT2D eigenvalue weighted by atomic mass is 9.87. The zero-order valence-corrected chi connectivity index (χ0v) is 22.5. The van der Waals surface area contributed by atoms with Gasteiger partial charge in [0.05, 0.1) is 27.0 Å². The highest BCUT2D eigenvalue weighted by Crippen LogP contribution is 2.41. The van der Waals surface area contributed by atoms with Crippen LogP contribution in [0.4, 0.5) is 5.69 Å². The smallest absolute Gasteiger partial charge is 0.262 e. The van der Waals surface area contributed by atoms with E-state index in [0.717, 1.165) is 11.8 Å². The Morgan fingerprint density at radius 2 is 1.62 bits per heavy atom. The Kier molecular flexibility index (Phi) is 7.43. The first-order valence-corrected chi connectivity index (χ1v) is 14.1. The second kappa shape index (κ2) is 10.4. The first-order chi connectivity index (χ1) is 17.4. The molecule has 4 aromatic rings. The minimum absolute atomic E-state index is 0.0117. The topological polar surface area (TPSA) is 95.9 Å². The molecule has 0 saturated carbocycles. The van der Waals surface area contributed by atoms with Gasteiger partial charge in [-0.25, -0.2) is 8.42 Å². The van der Waals surface area contributed by atoms with Gasteiger partial charge >= 0.3 is 0 Å². The summed E-state index contributed by atoms with van der Waals surface area (Å²) in [5.41, 5.74) is 1.49. The first-order valence-electron chi connectivity index (χ1n) is 11.6. The van der Waals surface area contributed by atoms with Crippen LogP contribution >= 0.6 is 11.8 Å². The van der Waals surface area contributed by atoms with Gasteiger partial charge in [0.1, 0.15) is 17.2 Å². The fraction of sp³-hybridized carbons (Fsp3) is 0.172. The average molecular weight is 536 g/mol. The molecule has 4 aromatic carbocycles. The number of aliphatic hydroxyl groups is 1. The van der Waals surface area contributed by atoms with E-state index in [1.807, 2.05) is 24.3 Å². The Bertz CT molecular complexity index is 1560. The summed E-state index contributed by atoms with van der Waals surface area (Å²) in [6.07, 6.45) is 0. The van der Waals surface area contributed by atoms with E-state index in [1.165, 1.54) is 17.7 Å². The number of phenols is 1. The monoisotopic (exact) mass is 535 g/mol. The summed E-state index contributed by atoms with van der Waals surface area (Å²) in [7, 11) is -3.99. The number of ether oxygens (including phenoxy) is 1. The maximum absolute atomic E-state index is 13.4. The molecule has 6 nitrogen and oxygen atoms in total. The molecule has 8 heteroatoms. The third-order valence-electron chi connectivity index (χ3n) is 5.69. The molecular weight excluding hydrogens is 506 g/mol. The fourth-order valence-electron chi connectivity index (χ4n) is 3.76. The van der Waals surface area contributed by atoms with Crippen LogP contribution in [0.15, 0.2) is 101 Å². The zero-order chi connectivity index (χ0) is 26.8. The van der Waals surface area contributed by atoms with Gasteiger partial charge in [-0.3, -0.25) is 4.72 Å². The highest BCUT2D eigenvalue weighted by molar-refractivity contribution is 7.99. The Morgan fingerprint density at radius 3 is 2.27 bits per heavy atom. The molecule has 0 aromatic heterocycles. The van der Waals surface area contributed by atoms with Crippen molar-refractivity contribution in [2.75, 3.05) is 10.5 Å². The van der Waals surface area contributed by atoms with Gasteiger partial charge in [-0.05, 0) is 41.3 Å². The zero-order valence-electron chi connectivity index (χ0n) is 20.9. The van der Waals surface area contributed by atoms with Gasteiger partial charge < -0.3 is 14.9 Å². The molecule has 0 atom stereocenters. The minimum Gasteiger partial charge on any atom is -0.512 e. The first kappa shape index (κ1) is 26.4. The summed E-state index contributed by atoms with van der Waals surface area (Å²) in [6, 6.07) is 22.5. The predicted molar refractivity (Wildman–Crippen MR) is 151 cm³/mol. The van der Waals surface area contributed by atoms with Crippen molar-refractivity contribution in [3.05, 3.63) is 96.8 Å². The van der Waals surface area contributed by atoms with Gasteiger partial charge in [-0.2, -0.15) is 0 Å². The van der Waals surface area contributed by atoms with Crippen molar-refractivity contribution in [3.63, 3.8) is 0 Å². The number of nitrogens with one attached hydrogen (secondary N) is 1. The molecule has 3 N–H and O–H groups in total. The Balaban J connectivity index is 1.63. The molecule has 0 bridgehead atoms. The van der Waals surface area contributed by atoms with E-state index in [4.69, 9.17) is 4.74 Å². The van der Waals surface area contributed by atoms with Crippen LogP contribution in [0.25, 0.3) is 10.8 Å². The van der Waals surface area contributed by atoms with Gasteiger partial charge in [0.25, 0.3) is 10.0 Å². The molecule has 0 spiro atoms. The molecule has 0 aliphatic heterocycles. The number of sulfonamides is 1. The molecule has 0 radical (unpaired) electrons. The van der Waals surface area contributed by atoms with Gasteiger partial charge in [0, 0.05) is 16.8 Å². The second-order valence-electron chi connectivity index (χ2n) is 9.63. The lowest BCUT2D eigenvalue weighted by molar-refractivity contribution is 0.420. The Hall–Kier alpha value is -3.62. The lowest BCUT2D eigenvalue weighted by Crippen LogP contribution is -2.13. The highest BCUT2D eigenvalue weighted by atomic mass is 32.2. The average Bonchev–Trinajstić information content (AvgIpc) is 2.85. The third-order valence-corrected chi connectivity index (χ3v) is 8.15. The van der Waals surface area contributed by atoms with Crippen LogP contribution in [0.1, 0.15) is 26.3 Å². The second-order valence-corrected chi connectivity index (χ2v) is 12.3. The van der Waals surface area contributed by atoms with Crippen LogP contribution in [-0.4, -0.2) is 24.4 Å². The highest BCUT2D eigenvalue weighted by Gasteiger charge is 2.20. The van der Waals surface area contributed by atoms with Crippen molar-refractivity contribution < 1.29 is 23.4 Å². The van der Waals surface area contributed by atoms with Crippen LogP contribution in [0, 0.1) is 0 Å². The Morgan fingerprint density at radius 1 is 0.946 bits per heavy atom. The number of aromatic hydroxyl groups is 1. The maximum atomic E-state index is 13.4. The molecule has 0 fully saturated rings. The van der Waals surface area contributed by atoms with E-state index in [-0.39, 0.29) is 27.6 Å². The number of hydrogen-bond donors (Lipinski definition) is 3. The van der Waals surface area contributed by atoms with E-state index < -0.39 is 10.0 Å². The summed E-state index contributed by atoms with van der Waals surface area (Å²) in [4.78, 5) is 0.453. The normalized spacial score (nSPS) is 11.9. The van der Waals surface area contributed by atoms with Crippen molar-refractivity contribution in [3.8, 4) is 17.2 Å². The van der Waals surface area contributed by atoms with Crippen molar-refractivity contribution in [1.29, 1.82) is 0 Å². The van der Waals surface area contributed by atoms with E-state index in [1.54, 1.807) is 42.5 Å². The number of benzene rings is 4. The standard InChI is InChI=1S/C29H29NO5S2/c1-19(31)18-36-27-17-26(24-10-5-6-11-25(24)28(27)32)30-37(33,34)23-9-7-8-22(16-23)35-21-14-12-20(13-15-21)29(2,3)4/h5-17,30-32H,1,18H2,2-4H3. The molecule has 0 aliphatic rings. The van der Waals surface area contributed by atoms with E-state index >= 15 is 0 Å².